The van der Waals surface area contributed by atoms with Crippen LogP contribution in [0.15, 0.2) is 28.8 Å². The molecular weight excluding hydrogens is 366 g/mol. The topological polar surface area (TPSA) is 75.4 Å². The maximum absolute atomic E-state index is 13.2. The number of hydrogen-bond acceptors (Lipinski definition) is 4. The van der Waals surface area contributed by atoms with Crippen molar-refractivity contribution >= 4 is 17.6 Å². The lowest BCUT2D eigenvalue weighted by atomic mass is 9.88. The smallest absolute Gasteiger partial charge is 0.248 e. The fourth-order valence-electron chi connectivity index (χ4n) is 4.33. The zero-order valence-corrected chi connectivity index (χ0v) is 17.4. The van der Waals surface area contributed by atoms with E-state index in [-0.39, 0.29) is 17.7 Å². The van der Waals surface area contributed by atoms with Crippen LogP contribution in [0, 0.1) is 26.7 Å². The zero-order valence-electron chi connectivity index (χ0n) is 17.4. The normalized spacial score (nSPS) is 20.0. The molecule has 2 aromatic rings. The van der Waals surface area contributed by atoms with Gasteiger partial charge in [-0.2, -0.15) is 0 Å². The molecular formula is C23H29N3O3. The highest BCUT2D eigenvalue weighted by atomic mass is 16.5. The molecule has 1 aromatic carbocycles. The molecule has 2 amide bonds. The highest BCUT2D eigenvalue weighted by molar-refractivity contribution is 5.97. The minimum Gasteiger partial charge on any atom is -0.360 e. The molecule has 2 unspecified atom stereocenters. The van der Waals surface area contributed by atoms with Crippen molar-refractivity contribution in [3.05, 3.63) is 46.7 Å². The third kappa shape index (κ3) is 4.36. The first-order valence-corrected chi connectivity index (χ1v) is 10.5. The predicted molar refractivity (Wildman–Crippen MR) is 111 cm³/mol. The van der Waals surface area contributed by atoms with E-state index >= 15 is 0 Å². The van der Waals surface area contributed by atoms with Gasteiger partial charge in [-0.1, -0.05) is 23.4 Å². The van der Waals surface area contributed by atoms with Crippen molar-refractivity contribution in [3.63, 3.8) is 0 Å². The quantitative estimate of drug-likeness (QED) is 0.798. The second kappa shape index (κ2) is 8.01. The number of hydrogen-bond donors (Lipinski definition) is 1. The molecule has 154 valence electrons. The summed E-state index contributed by atoms with van der Waals surface area (Å²) in [5, 5.41) is 6.61. The van der Waals surface area contributed by atoms with E-state index in [0.717, 1.165) is 6.42 Å². The van der Waals surface area contributed by atoms with Gasteiger partial charge in [0.25, 0.3) is 0 Å². The maximum atomic E-state index is 13.2. The number of aryl methyl sites for hydroxylation is 3. The number of carbonyl (C=O) groups excluding carboxylic acids is 2. The van der Waals surface area contributed by atoms with Crippen molar-refractivity contribution in [2.45, 2.75) is 64.8 Å². The third-order valence-corrected chi connectivity index (χ3v) is 6.30. The van der Waals surface area contributed by atoms with E-state index in [2.05, 4.69) is 42.5 Å². The number of anilines is 1. The first kappa shape index (κ1) is 19.7. The van der Waals surface area contributed by atoms with Gasteiger partial charge in [-0.15, -0.1) is 0 Å². The third-order valence-electron chi connectivity index (χ3n) is 6.30. The van der Waals surface area contributed by atoms with E-state index in [1.165, 1.54) is 29.5 Å². The number of nitrogens with one attached hydrogen (secondary N) is 1. The molecule has 0 spiro atoms. The molecule has 29 heavy (non-hydrogen) atoms. The van der Waals surface area contributed by atoms with Crippen LogP contribution >= 0.6 is 0 Å². The van der Waals surface area contributed by atoms with Gasteiger partial charge >= 0.3 is 0 Å². The molecule has 1 saturated carbocycles. The summed E-state index contributed by atoms with van der Waals surface area (Å²) < 4.78 is 5.01. The van der Waals surface area contributed by atoms with Crippen LogP contribution in [-0.4, -0.2) is 34.5 Å². The zero-order chi connectivity index (χ0) is 20.5. The lowest BCUT2D eigenvalue weighted by Gasteiger charge is -2.26. The first-order chi connectivity index (χ1) is 13.9. The molecule has 1 aromatic heterocycles. The Morgan fingerprint density at radius 2 is 1.97 bits per heavy atom. The molecule has 1 aliphatic heterocycles. The van der Waals surface area contributed by atoms with Crippen LogP contribution in [0.1, 0.15) is 60.5 Å². The maximum Gasteiger partial charge on any atom is 0.248 e. The van der Waals surface area contributed by atoms with Crippen LogP contribution in [-0.2, 0) is 9.59 Å². The van der Waals surface area contributed by atoms with Crippen LogP contribution in [0.2, 0.25) is 0 Å². The van der Waals surface area contributed by atoms with Gasteiger partial charge in [0.2, 0.25) is 11.8 Å². The SMILES string of the molecule is Cc1cc(NC(=O)C2CCCN2C(=O)CC(c2ccc(C)c(C)c2)C2CC2)no1. The fourth-order valence-corrected chi connectivity index (χ4v) is 4.33. The summed E-state index contributed by atoms with van der Waals surface area (Å²) >= 11 is 0. The molecule has 0 radical (unpaired) electrons. The summed E-state index contributed by atoms with van der Waals surface area (Å²) in [5.41, 5.74) is 3.79. The summed E-state index contributed by atoms with van der Waals surface area (Å²) in [6, 6.07) is 7.80. The molecule has 2 fully saturated rings. The van der Waals surface area contributed by atoms with Crippen molar-refractivity contribution in [3.8, 4) is 0 Å². The van der Waals surface area contributed by atoms with E-state index in [0.29, 0.717) is 36.9 Å². The lowest BCUT2D eigenvalue weighted by Crippen LogP contribution is -2.43. The van der Waals surface area contributed by atoms with E-state index in [1.807, 2.05) is 0 Å². The van der Waals surface area contributed by atoms with Gasteiger partial charge in [-0.25, -0.2) is 0 Å². The van der Waals surface area contributed by atoms with E-state index in [4.69, 9.17) is 4.52 Å². The highest BCUT2D eigenvalue weighted by Crippen LogP contribution is 2.45. The van der Waals surface area contributed by atoms with E-state index in [1.54, 1.807) is 17.9 Å². The molecule has 4 rings (SSSR count). The van der Waals surface area contributed by atoms with Gasteiger partial charge in [0.15, 0.2) is 5.82 Å². The average molecular weight is 396 g/mol. The van der Waals surface area contributed by atoms with Gasteiger partial charge in [0.1, 0.15) is 11.8 Å². The Morgan fingerprint density at radius 1 is 1.17 bits per heavy atom. The summed E-state index contributed by atoms with van der Waals surface area (Å²) in [6.07, 6.45) is 4.37. The van der Waals surface area contributed by atoms with Crippen molar-refractivity contribution < 1.29 is 14.1 Å². The standard InChI is InChI=1S/C23H29N3O3/c1-14-6-7-18(11-15(14)2)19(17-8-9-17)13-22(27)26-10-4-5-20(26)23(28)24-21-12-16(3)29-25-21/h6-7,11-12,17,19-20H,4-5,8-10,13H2,1-3H3,(H,24,25,28). The van der Waals surface area contributed by atoms with Crippen molar-refractivity contribution in [1.82, 2.24) is 10.1 Å². The Kier molecular flexibility index (Phi) is 5.43. The first-order valence-electron chi connectivity index (χ1n) is 10.5. The monoisotopic (exact) mass is 395 g/mol. The molecule has 6 heteroatoms. The van der Waals surface area contributed by atoms with Crippen LogP contribution in [0.3, 0.4) is 0 Å². The van der Waals surface area contributed by atoms with Gasteiger partial charge in [0, 0.05) is 19.0 Å². The van der Waals surface area contributed by atoms with Crippen LogP contribution in [0.4, 0.5) is 5.82 Å². The number of nitrogens with zero attached hydrogens (tertiary/aromatic N) is 2. The lowest BCUT2D eigenvalue weighted by molar-refractivity contribution is -0.137. The average Bonchev–Trinajstić information content (AvgIpc) is 3.25. The minimum atomic E-state index is -0.431. The van der Waals surface area contributed by atoms with Gasteiger partial charge in [0.05, 0.1) is 0 Å². The Hall–Kier alpha value is -2.63. The molecule has 1 N–H and O–H groups in total. The summed E-state index contributed by atoms with van der Waals surface area (Å²) in [7, 11) is 0. The summed E-state index contributed by atoms with van der Waals surface area (Å²) in [4.78, 5) is 27.7. The van der Waals surface area contributed by atoms with Crippen molar-refractivity contribution in [2.75, 3.05) is 11.9 Å². The number of aromatic nitrogens is 1. The van der Waals surface area contributed by atoms with E-state index in [9.17, 15) is 9.59 Å². The number of amides is 2. The molecule has 2 aliphatic rings. The second-order valence-corrected chi connectivity index (χ2v) is 8.55. The van der Waals surface area contributed by atoms with Gasteiger partial charge < -0.3 is 14.7 Å². The van der Waals surface area contributed by atoms with Crippen LogP contribution in [0.5, 0.6) is 0 Å². The molecule has 0 bridgehead atoms. The molecule has 2 heterocycles. The van der Waals surface area contributed by atoms with Crippen LogP contribution in [0.25, 0.3) is 0 Å². The van der Waals surface area contributed by atoms with Crippen molar-refractivity contribution in [2.24, 2.45) is 5.92 Å². The molecule has 1 aliphatic carbocycles. The largest absolute Gasteiger partial charge is 0.360 e. The molecule has 2 atom stereocenters. The van der Waals surface area contributed by atoms with Crippen LogP contribution < -0.4 is 5.32 Å². The molecule has 6 nitrogen and oxygen atoms in total. The summed E-state index contributed by atoms with van der Waals surface area (Å²) in [5.74, 6) is 1.75. The van der Waals surface area contributed by atoms with Gasteiger partial charge in [-0.05, 0) is 75.0 Å². The number of benzene rings is 1. The fraction of sp³-hybridized carbons (Fsp3) is 0.522. The Morgan fingerprint density at radius 3 is 2.62 bits per heavy atom. The number of likely N-dealkylation sites (tertiary alicyclic amines) is 1. The molecule has 1 saturated heterocycles. The highest BCUT2D eigenvalue weighted by Gasteiger charge is 2.39. The van der Waals surface area contributed by atoms with E-state index < -0.39 is 6.04 Å². The second-order valence-electron chi connectivity index (χ2n) is 8.55. The Bertz CT molecular complexity index is 916. The summed E-state index contributed by atoms with van der Waals surface area (Å²) in [6.45, 7) is 6.65. The number of carbonyl (C=O) groups is 2. The minimum absolute atomic E-state index is 0.0779. The van der Waals surface area contributed by atoms with Crippen molar-refractivity contribution in [1.29, 1.82) is 0 Å². The predicted octanol–water partition coefficient (Wildman–Crippen LogP) is 4.11. The Balaban J connectivity index is 1.45. The Labute approximate surface area is 171 Å². The van der Waals surface area contributed by atoms with Gasteiger partial charge in [-0.3, -0.25) is 9.59 Å². The number of rotatable bonds is 6.